The Kier molecular flexibility index (Phi) is 3.84. The van der Waals surface area contributed by atoms with E-state index in [0.717, 1.165) is 5.69 Å². The van der Waals surface area contributed by atoms with Gasteiger partial charge < -0.3 is 4.98 Å². The number of non-ortho nitro benzene ring substituents is 1. The Hall–Kier alpha value is -3.48. The molecule has 7 heteroatoms. The van der Waals surface area contributed by atoms with E-state index in [1.165, 1.54) is 24.4 Å². The SMILES string of the molecule is O=C(/C=C/c1ccc[nH]1)c1[nH]ncc1-c1ccc([N+](=O)[O-])cc1. The lowest BCUT2D eigenvalue weighted by Crippen LogP contribution is -1.97. The molecule has 0 saturated heterocycles. The number of nitro groups is 1. The molecule has 0 spiro atoms. The number of carbonyl (C=O) groups is 1. The number of ketones is 1. The van der Waals surface area contributed by atoms with Gasteiger partial charge in [0.15, 0.2) is 0 Å². The summed E-state index contributed by atoms with van der Waals surface area (Å²) in [5, 5.41) is 17.3. The molecule has 3 aromatic rings. The molecule has 7 nitrogen and oxygen atoms in total. The number of benzene rings is 1. The number of nitrogens with zero attached hydrogens (tertiary/aromatic N) is 2. The van der Waals surface area contributed by atoms with Crippen molar-refractivity contribution in [1.82, 2.24) is 15.2 Å². The minimum absolute atomic E-state index is 0.00300. The Morgan fingerprint density at radius 2 is 2.00 bits per heavy atom. The van der Waals surface area contributed by atoms with Gasteiger partial charge in [-0.25, -0.2) is 0 Å². The summed E-state index contributed by atoms with van der Waals surface area (Å²) >= 11 is 0. The van der Waals surface area contributed by atoms with Gasteiger partial charge in [0, 0.05) is 29.6 Å². The van der Waals surface area contributed by atoms with Crippen LogP contribution < -0.4 is 0 Å². The fourth-order valence-electron chi connectivity index (χ4n) is 2.15. The van der Waals surface area contributed by atoms with E-state index >= 15 is 0 Å². The van der Waals surface area contributed by atoms with E-state index < -0.39 is 4.92 Å². The van der Waals surface area contributed by atoms with Crippen LogP contribution in [-0.4, -0.2) is 25.9 Å². The molecule has 114 valence electrons. The van der Waals surface area contributed by atoms with E-state index in [1.807, 2.05) is 12.1 Å². The Morgan fingerprint density at radius 1 is 1.22 bits per heavy atom. The molecule has 0 unspecified atom stereocenters. The van der Waals surface area contributed by atoms with Crippen LogP contribution in [0.1, 0.15) is 16.2 Å². The third-order valence-corrected chi connectivity index (χ3v) is 3.31. The maximum absolute atomic E-state index is 12.3. The molecule has 0 atom stereocenters. The first kappa shape index (κ1) is 14.5. The lowest BCUT2D eigenvalue weighted by molar-refractivity contribution is -0.384. The van der Waals surface area contributed by atoms with Crippen LogP contribution in [-0.2, 0) is 0 Å². The summed E-state index contributed by atoms with van der Waals surface area (Å²) in [6, 6.07) is 9.65. The highest BCUT2D eigenvalue weighted by Gasteiger charge is 2.14. The number of allylic oxidation sites excluding steroid dienone is 1. The molecule has 3 rings (SSSR count). The number of hydrogen-bond donors (Lipinski definition) is 2. The first-order valence-electron chi connectivity index (χ1n) is 6.79. The third-order valence-electron chi connectivity index (χ3n) is 3.31. The molecule has 2 N–H and O–H groups in total. The average molecular weight is 308 g/mol. The largest absolute Gasteiger partial charge is 0.362 e. The summed E-state index contributed by atoms with van der Waals surface area (Å²) in [6.07, 6.45) is 6.40. The van der Waals surface area contributed by atoms with Crippen molar-refractivity contribution in [3.63, 3.8) is 0 Å². The van der Waals surface area contributed by atoms with Crippen molar-refractivity contribution in [2.24, 2.45) is 0 Å². The van der Waals surface area contributed by atoms with Crippen molar-refractivity contribution in [2.75, 3.05) is 0 Å². The minimum atomic E-state index is -0.468. The molecule has 0 aliphatic rings. The van der Waals surface area contributed by atoms with E-state index in [1.54, 1.807) is 24.4 Å². The van der Waals surface area contributed by atoms with Crippen LogP contribution in [0.25, 0.3) is 17.2 Å². The van der Waals surface area contributed by atoms with Crippen LogP contribution in [0.4, 0.5) is 5.69 Å². The molecule has 0 radical (unpaired) electrons. The highest BCUT2D eigenvalue weighted by atomic mass is 16.6. The van der Waals surface area contributed by atoms with Gasteiger partial charge in [-0.3, -0.25) is 20.0 Å². The Labute approximate surface area is 130 Å². The number of H-pyrrole nitrogens is 2. The molecule has 2 heterocycles. The van der Waals surface area contributed by atoms with E-state index in [4.69, 9.17) is 0 Å². The lowest BCUT2D eigenvalue weighted by atomic mass is 10.0. The molecule has 0 amide bonds. The van der Waals surface area contributed by atoms with Gasteiger partial charge >= 0.3 is 0 Å². The topological polar surface area (TPSA) is 105 Å². The van der Waals surface area contributed by atoms with Crippen LogP contribution in [0, 0.1) is 10.1 Å². The zero-order valence-electron chi connectivity index (χ0n) is 11.9. The second-order valence-electron chi connectivity index (χ2n) is 4.79. The van der Waals surface area contributed by atoms with Gasteiger partial charge in [-0.1, -0.05) is 0 Å². The van der Waals surface area contributed by atoms with Crippen molar-refractivity contribution < 1.29 is 9.72 Å². The monoisotopic (exact) mass is 308 g/mol. The summed E-state index contributed by atoms with van der Waals surface area (Å²) in [5.74, 6) is -0.231. The van der Waals surface area contributed by atoms with Gasteiger partial charge in [0.25, 0.3) is 5.69 Å². The highest BCUT2D eigenvalue weighted by molar-refractivity contribution is 6.09. The first-order chi connectivity index (χ1) is 11.1. The summed E-state index contributed by atoms with van der Waals surface area (Å²) in [5.41, 5.74) is 2.43. The molecule has 0 fully saturated rings. The van der Waals surface area contributed by atoms with E-state index in [0.29, 0.717) is 16.8 Å². The smallest absolute Gasteiger partial charge is 0.269 e. The number of carbonyl (C=O) groups excluding carboxylic acids is 1. The summed E-state index contributed by atoms with van der Waals surface area (Å²) < 4.78 is 0. The number of aromatic amines is 2. The number of rotatable bonds is 5. The second-order valence-corrected chi connectivity index (χ2v) is 4.79. The van der Waals surface area contributed by atoms with Crippen LogP contribution in [0.3, 0.4) is 0 Å². The first-order valence-corrected chi connectivity index (χ1v) is 6.79. The standard InChI is InChI=1S/C16H12N4O3/c21-15(8-5-12-2-1-9-17-12)16-14(10-18-19-16)11-3-6-13(7-4-11)20(22)23/h1-10,17H,(H,18,19)/b8-5+. The summed E-state index contributed by atoms with van der Waals surface area (Å²) in [7, 11) is 0. The molecule has 1 aromatic carbocycles. The zero-order valence-corrected chi connectivity index (χ0v) is 11.9. The van der Waals surface area contributed by atoms with E-state index in [2.05, 4.69) is 15.2 Å². The minimum Gasteiger partial charge on any atom is -0.362 e. The lowest BCUT2D eigenvalue weighted by Gasteiger charge is -2.00. The number of hydrogen-bond acceptors (Lipinski definition) is 4. The molecule has 0 saturated carbocycles. The second kappa shape index (κ2) is 6.10. The average Bonchev–Trinajstić information content (AvgIpc) is 3.24. The van der Waals surface area contributed by atoms with Gasteiger partial charge in [0.2, 0.25) is 5.78 Å². The normalized spacial score (nSPS) is 11.0. The van der Waals surface area contributed by atoms with Crippen molar-refractivity contribution in [3.8, 4) is 11.1 Å². The summed E-state index contributed by atoms with van der Waals surface area (Å²) in [4.78, 5) is 25.5. The van der Waals surface area contributed by atoms with Gasteiger partial charge in [-0.05, 0) is 42.0 Å². The fraction of sp³-hybridized carbons (Fsp3) is 0. The Bertz CT molecular complexity index is 861. The fourth-order valence-corrected chi connectivity index (χ4v) is 2.15. The Balaban J connectivity index is 1.87. The molecular formula is C16H12N4O3. The maximum Gasteiger partial charge on any atom is 0.269 e. The summed E-state index contributed by atoms with van der Waals surface area (Å²) in [6.45, 7) is 0. The molecule has 0 aliphatic heterocycles. The maximum atomic E-state index is 12.3. The van der Waals surface area contributed by atoms with Crippen molar-refractivity contribution in [2.45, 2.75) is 0 Å². The van der Waals surface area contributed by atoms with Crippen LogP contribution in [0.2, 0.25) is 0 Å². The molecular weight excluding hydrogens is 296 g/mol. The molecule has 0 aliphatic carbocycles. The molecule has 23 heavy (non-hydrogen) atoms. The number of aromatic nitrogens is 3. The van der Waals surface area contributed by atoms with Gasteiger partial charge in [-0.2, -0.15) is 5.10 Å². The quantitative estimate of drug-likeness (QED) is 0.327. The van der Waals surface area contributed by atoms with Crippen molar-refractivity contribution >= 4 is 17.5 Å². The van der Waals surface area contributed by atoms with Gasteiger partial charge in [-0.15, -0.1) is 0 Å². The van der Waals surface area contributed by atoms with Crippen molar-refractivity contribution in [1.29, 1.82) is 0 Å². The number of nitrogens with one attached hydrogen (secondary N) is 2. The highest BCUT2D eigenvalue weighted by Crippen LogP contribution is 2.25. The van der Waals surface area contributed by atoms with Crippen molar-refractivity contribution in [3.05, 3.63) is 76.4 Å². The van der Waals surface area contributed by atoms with E-state index in [-0.39, 0.29) is 11.5 Å². The predicted octanol–water partition coefficient (Wildman–Crippen LogP) is 3.21. The van der Waals surface area contributed by atoms with E-state index in [9.17, 15) is 14.9 Å². The molecule has 0 bridgehead atoms. The zero-order chi connectivity index (χ0) is 16.2. The predicted molar refractivity (Wildman–Crippen MR) is 84.8 cm³/mol. The third kappa shape index (κ3) is 3.08. The van der Waals surface area contributed by atoms with Crippen LogP contribution in [0.15, 0.2) is 54.9 Å². The number of nitro benzene ring substituents is 1. The van der Waals surface area contributed by atoms with Crippen LogP contribution in [0.5, 0.6) is 0 Å². The van der Waals surface area contributed by atoms with Crippen LogP contribution >= 0.6 is 0 Å². The Morgan fingerprint density at radius 3 is 2.65 bits per heavy atom. The molecule has 2 aromatic heterocycles. The van der Waals surface area contributed by atoms with Gasteiger partial charge in [0.05, 0.1) is 11.1 Å². The van der Waals surface area contributed by atoms with Gasteiger partial charge in [0.1, 0.15) is 5.69 Å².